The number of rotatable bonds is 5. The summed E-state index contributed by atoms with van der Waals surface area (Å²) in [7, 11) is 0. The van der Waals surface area contributed by atoms with Crippen LogP contribution in [0.25, 0.3) is 0 Å². The van der Waals surface area contributed by atoms with Crippen molar-refractivity contribution < 1.29 is 18.0 Å². The SMILES string of the molecule is CCC(=O)CCCCC(F)(F)F. The summed E-state index contributed by atoms with van der Waals surface area (Å²) in [5.41, 5.74) is 0. The first-order chi connectivity index (χ1) is 5.45. The Balaban J connectivity index is 3.28. The van der Waals surface area contributed by atoms with E-state index in [2.05, 4.69) is 0 Å². The Kier molecular flexibility index (Phi) is 4.93. The predicted octanol–water partition coefficient (Wildman–Crippen LogP) is 3.09. The number of carbonyl (C=O) groups is 1. The average Bonchev–Trinajstić information content (AvgIpc) is 1.96. The normalized spacial score (nSPS) is 11.7. The van der Waals surface area contributed by atoms with Crippen LogP contribution in [0.5, 0.6) is 0 Å². The van der Waals surface area contributed by atoms with E-state index >= 15 is 0 Å². The van der Waals surface area contributed by atoms with Crippen molar-refractivity contribution in [3.05, 3.63) is 0 Å². The van der Waals surface area contributed by atoms with Crippen molar-refractivity contribution in [1.82, 2.24) is 0 Å². The second-order valence-electron chi connectivity index (χ2n) is 2.71. The Hall–Kier alpha value is -0.540. The molecule has 0 N–H and O–H groups in total. The number of carbonyl (C=O) groups excluding carboxylic acids is 1. The van der Waals surface area contributed by atoms with Crippen LogP contribution in [0.1, 0.15) is 39.0 Å². The van der Waals surface area contributed by atoms with Crippen molar-refractivity contribution in [3.63, 3.8) is 0 Å². The molecule has 0 amide bonds. The molecule has 0 unspecified atom stereocenters. The highest BCUT2D eigenvalue weighted by Gasteiger charge is 2.25. The number of unbranched alkanes of at least 4 members (excludes halogenated alkanes) is 1. The molecule has 0 fully saturated rings. The molecule has 0 aromatic rings. The molecule has 0 bridgehead atoms. The highest BCUT2D eigenvalue weighted by Crippen LogP contribution is 2.22. The van der Waals surface area contributed by atoms with Crippen LogP contribution in [0.2, 0.25) is 0 Å². The lowest BCUT2D eigenvalue weighted by molar-refractivity contribution is -0.136. The van der Waals surface area contributed by atoms with Crippen LogP contribution < -0.4 is 0 Å². The maximum absolute atomic E-state index is 11.6. The van der Waals surface area contributed by atoms with Crippen molar-refractivity contribution in [3.8, 4) is 0 Å². The van der Waals surface area contributed by atoms with Gasteiger partial charge in [0.1, 0.15) is 5.78 Å². The van der Waals surface area contributed by atoms with Crippen molar-refractivity contribution in [2.45, 2.75) is 45.2 Å². The predicted molar refractivity (Wildman–Crippen MR) is 39.8 cm³/mol. The van der Waals surface area contributed by atoms with E-state index in [1.165, 1.54) is 0 Å². The number of hydrogen-bond donors (Lipinski definition) is 0. The Morgan fingerprint density at radius 1 is 1.25 bits per heavy atom. The van der Waals surface area contributed by atoms with Gasteiger partial charge in [-0.1, -0.05) is 6.92 Å². The number of Topliss-reactive ketones (excluding diaryl/α,β-unsaturated/α-hetero) is 1. The summed E-state index contributed by atoms with van der Waals surface area (Å²) < 4.78 is 34.7. The van der Waals surface area contributed by atoms with Gasteiger partial charge >= 0.3 is 6.18 Å². The van der Waals surface area contributed by atoms with Crippen molar-refractivity contribution in [2.75, 3.05) is 0 Å². The van der Waals surface area contributed by atoms with E-state index < -0.39 is 12.6 Å². The first kappa shape index (κ1) is 11.5. The van der Waals surface area contributed by atoms with Gasteiger partial charge in [0, 0.05) is 19.3 Å². The van der Waals surface area contributed by atoms with Gasteiger partial charge in [0.05, 0.1) is 0 Å². The molecule has 0 atom stereocenters. The molecule has 1 nitrogen and oxygen atoms in total. The monoisotopic (exact) mass is 182 g/mol. The highest BCUT2D eigenvalue weighted by molar-refractivity contribution is 5.77. The van der Waals surface area contributed by atoms with Crippen LogP contribution in [0.15, 0.2) is 0 Å². The number of ketones is 1. The van der Waals surface area contributed by atoms with Crippen LogP contribution in [-0.4, -0.2) is 12.0 Å². The van der Waals surface area contributed by atoms with Gasteiger partial charge in [0.2, 0.25) is 0 Å². The van der Waals surface area contributed by atoms with Crippen LogP contribution in [0, 0.1) is 0 Å². The average molecular weight is 182 g/mol. The molecule has 0 aromatic heterocycles. The smallest absolute Gasteiger partial charge is 0.300 e. The summed E-state index contributed by atoms with van der Waals surface area (Å²) in [6, 6.07) is 0. The molecular weight excluding hydrogens is 169 g/mol. The fraction of sp³-hybridized carbons (Fsp3) is 0.875. The summed E-state index contributed by atoms with van der Waals surface area (Å²) in [6.07, 6.45) is -3.72. The van der Waals surface area contributed by atoms with E-state index in [1.807, 2.05) is 0 Å². The molecule has 0 saturated heterocycles. The Morgan fingerprint density at radius 3 is 2.25 bits per heavy atom. The largest absolute Gasteiger partial charge is 0.389 e. The van der Waals surface area contributed by atoms with Gasteiger partial charge in [0.25, 0.3) is 0 Å². The minimum Gasteiger partial charge on any atom is -0.300 e. The molecule has 0 heterocycles. The van der Waals surface area contributed by atoms with Gasteiger partial charge < -0.3 is 0 Å². The summed E-state index contributed by atoms with van der Waals surface area (Å²) in [4.78, 5) is 10.7. The van der Waals surface area contributed by atoms with Gasteiger partial charge in [-0.15, -0.1) is 0 Å². The number of halogens is 3. The zero-order chi connectivity index (χ0) is 9.61. The molecule has 0 rings (SSSR count). The third-order valence-corrected chi connectivity index (χ3v) is 1.56. The molecule has 0 saturated carbocycles. The lowest BCUT2D eigenvalue weighted by Crippen LogP contribution is -2.06. The van der Waals surface area contributed by atoms with E-state index in [-0.39, 0.29) is 18.6 Å². The van der Waals surface area contributed by atoms with Crippen molar-refractivity contribution in [2.24, 2.45) is 0 Å². The Morgan fingerprint density at radius 2 is 1.83 bits per heavy atom. The van der Waals surface area contributed by atoms with Gasteiger partial charge in [-0.25, -0.2) is 0 Å². The maximum Gasteiger partial charge on any atom is 0.389 e. The molecule has 0 aromatic carbocycles. The molecule has 0 spiro atoms. The van der Waals surface area contributed by atoms with Gasteiger partial charge in [-0.05, 0) is 12.8 Å². The minimum absolute atomic E-state index is 0.0391. The van der Waals surface area contributed by atoms with Gasteiger partial charge in [0.15, 0.2) is 0 Å². The zero-order valence-corrected chi connectivity index (χ0v) is 7.08. The second kappa shape index (κ2) is 5.17. The maximum atomic E-state index is 11.6. The molecule has 0 aliphatic carbocycles. The first-order valence-electron chi connectivity index (χ1n) is 4.04. The topological polar surface area (TPSA) is 17.1 Å². The lowest BCUT2D eigenvalue weighted by atomic mass is 10.1. The van der Waals surface area contributed by atoms with E-state index in [9.17, 15) is 18.0 Å². The molecule has 12 heavy (non-hydrogen) atoms. The van der Waals surface area contributed by atoms with Gasteiger partial charge in [-0.3, -0.25) is 4.79 Å². The summed E-state index contributed by atoms with van der Waals surface area (Å²) in [5, 5.41) is 0. The number of alkyl halides is 3. The summed E-state index contributed by atoms with van der Waals surface area (Å²) >= 11 is 0. The second-order valence-corrected chi connectivity index (χ2v) is 2.71. The minimum atomic E-state index is -4.07. The molecule has 0 aliphatic heterocycles. The third-order valence-electron chi connectivity index (χ3n) is 1.56. The molecule has 0 radical (unpaired) electrons. The molecule has 72 valence electrons. The van der Waals surface area contributed by atoms with Crippen LogP contribution in [0.4, 0.5) is 13.2 Å². The first-order valence-corrected chi connectivity index (χ1v) is 4.04. The highest BCUT2D eigenvalue weighted by atomic mass is 19.4. The van der Waals surface area contributed by atoms with Crippen LogP contribution in [-0.2, 0) is 4.79 Å². The van der Waals surface area contributed by atoms with Crippen LogP contribution in [0.3, 0.4) is 0 Å². The fourth-order valence-corrected chi connectivity index (χ4v) is 0.824. The quantitative estimate of drug-likeness (QED) is 0.597. The van der Waals surface area contributed by atoms with E-state index in [4.69, 9.17) is 0 Å². The fourth-order valence-electron chi connectivity index (χ4n) is 0.824. The zero-order valence-electron chi connectivity index (χ0n) is 7.08. The summed E-state index contributed by atoms with van der Waals surface area (Å²) in [5.74, 6) is 0.0391. The molecule has 0 aliphatic rings. The standard InChI is InChI=1S/C8H13F3O/c1-2-7(12)5-3-4-6-8(9,10)11/h2-6H2,1H3. The summed E-state index contributed by atoms with van der Waals surface area (Å²) in [6.45, 7) is 1.71. The molecular formula is C8H13F3O. The molecule has 4 heteroatoms. The number of hydrogen-bond acceptors (Lipinski definition) is 1. The lowest BCUT2D eigenvalue weighted by Gasteiger charge is -2.04. The van der Waals surface area contributed by atoms with E-state index in [0.717, 1.165) is 0 Å². The van der Waals surface area contributed by atoms with Gasteiger partial charge in [-0.2, -0.15) is 13.2 Å². The van der Waals surface area contributed by atoms with E-state index in [0.29, 0.717) is 12.8 Å². The Bertz CT molecular complexity index is 140. The van der Waals surface area contributed by atoms with Crippen molar-refractivity contribution in [1.29, 1.82) is 0 Å². The third kappa shape index (κ3) is 7.57. The van der Waals surface area contributed by atoms with E-state index in [1.54, 1.807) is 6.92 Å². The Labute approximate surface area is 70.0 Å². The van der Waals surface area contributed by atoms with Crippen molar-refractivity contribution >= 4 is 5.78 Å². The van der Waals surface area contributed by atoms with Crippen LogP contribution >= 0.6 is 0 Å².